The smallest absolute Gasteiger partial charge is 0.346 e. The van der Waals surface area contributed by atoms with Crippen LogP contribution in [0.3, 0.4) is 0 Å². The number of aryl methyl sites for hydroxylation is 1. The van der Waals surface area contributed by atoms with Crippen molar-refractivity contribution in [2.45, 2.75) is 25.9 Å². The van der Waals surface area contributed by atoms with Crippen molar-refractivity contribution in [3.63, 3.8) is 0 Å². The Morgan fingerprint density at radius 3 is 2.59 bits per heavy atom. The largest absolute Gasteiger partial charge is 0.489 e. The first-order chi connectivity index (χ1) is 10.6. The summed E-state index contributed by atoms with van der Waals surface area (Å²) in [7, 11) is 0. The van der Waals surface area contributed by atoms with Gasteiger partial charge in [-0.2, -0.15) is 0 Å². The summed E-state index contributed by atoms with van der Waals surface area (Å²) in [5.41, 5.74) is 1.56. The fraction of sp³-hybridized carbons (Fsp3) is 0.250. The number of benzene rings is 1. The maximum absolute atomic E-state index is 11.1. The first-order valence-corrected chi connectivity index (χ1v) is 7.68. The van der Waals surface area contributed by atoms with E-state index in [-0.39, 0.29) is 17.9 Å². The minimum atomic E-state index is -0.955. The monoisotopic (exact) mass is 320 g/mol. The normalized spacial score (nSPS) is 10.4. The van der Waals surface area contributed by atoms with E-state index in [2.05, 4.69) is 0 Å². The van der Waals surface area contributed by atoms with E-state index in [9.17, 15) is 9.59 Å². The summed E-state index contributed by atoms with van der Waals surface area (Å²) in [6, 6.07) is 9.14. The standard InChI is InChI=1S/C16H16O5S/c17-14(18)7-3-5-11-4-1-2-6-13(11)21-10-12-8-9-22-15(12)16(19)20/h1-2,4,6,8-9H,3,5,7,10H2,(H,17,18)(H,19,20). The van der Waals surface area contributed by atoms with Crippen molar-refractivity contribution in [2.24, 2.45) is 0 Å². The zero-order valence-electron chi connectivity index (χ0n) is 11.8. The molecule has 2 N–H and O–H groups in total. The van der Waals surface area contributed by atoms with Gasteiger partial charge in [0.05, 0.1) is 0 Å². The number of carbonyl (C=O) groups is 2. The second-order valence-corrected chi connectivity index (χ2v) is 5.64. The van der Waals surface area contributed by atoms with Crippen LogP contribution in [0.1, 0.15) is 33.6 Å². The van der Waals surface area contributed by atoms with E-state index in [0.29, 0.717) is 24.2 Å². The molecule has 1 aromatic heterocycles. The molecule has 6 heteroatoms. The van der Waals surface area contributed by atoms with Gasteiger partial charge in [-0.25, -0.2) is 4.79 Å². The van der Waals surface area contributed by atoms with Gasteiger partial charge in [0, 0.05) is 12.0 Å². The number of carboxylic acid groups (broad SMARTS) is 2. The van der Waals surface area contributed by atoms with E-state index in [4.69, 9.17) is 14.9 Å². The van der Waals surface area contributed by atoms with Gasteiger partial charge in [-0.15, -0.1) is 11.3 Å². The van der Waals surface area contributed by atoms with Gasteiger partial charge in [0.2, 0.25) is 0 Å². The van der Waals surface area contributed by atoms with Crippen LogP contribution in [0.5, 0.6) is 5.75 Å². The summed E-state index contributed by atoms with van der Waals surface area (Å²) in [6.45, 7) is 0.182. The van der Waals surface area contributed by atoms with Gasteiger partial charge in [0.25, 0.3) is 0 Å². The Kier molecular flexibility index (Phi) is 5.55. The molecule has 0 saturated heterocycles. The molecule has 2 aromatic rings. The predicted molar refractivity (Wildman–Crippen MR) is 82.6 cm³/mol. The molecule has 0 atom stereocenters. The van der Waals surface area contributed by atoms with Gasteiger partial charge in [-0.1, -0.05) is 18.2 Å². The van der Waals surface area contributed by atoms with Gasteiger partial charge in [0.15, 0.2) is 0 Å². The highest BCUT2D eigenvalue weighted by Crippen LogP contribution is 2.23. The molecule has 116 valence electrons. The van der Waals surface area contributed by atoms with Crippen molar-refractivity contribution in [3.8, 4) is 5.75 Å². The Labute approximate surface area is 131 Å². The summed E-state index contributed by atoms with van der Waals surface area (Å²) < 4.78 is 5.73. The van der Waals surface area contributed by atoms with Crippen LogP contribution in [0.15, 0.2) is 35.7 Å². The topological polar surface area (TPSA) is 83.8 Å². The Balaban J connectivity index is 2.01. The fourth-order valence-electron chi connectivity index (χ4n) is 2.07. The molecule has 2 rings (SSSR count). The maximum atomic E-state index is 11.1. The van der Waals surface area contributed by atoms with Crippen LogP contribution < -0.4 is 4.74 Å². The minimum Gasteiger partial charge on any atom is -0.489 e. The molecule has 0 saturated carbocycles. The van der Waals surface area contributed by atoms with E-state index in [1.807, 2.05) is 24.3 Å². The van der Waals surface area contributed by atoms with Crippen LogP contribution in [0, 0.1) is 0 Å². The average Bonchev–Trinajstić information content (AvgIpc) is 2.94. The third kappa shape index (κ3) is 4.33. The van der Waals surface area contributed by atoms with E-state index in [1.54, 1.807) is 11.4 Å². The molecule has 1 heterocycles. The molecule has 1 aromatic carbocycles. The summed E-state index contributed by atoms with van der Waals surface area (Å²) in [5.74, 6) is -1.11. The lowest BCUT2D eigenvalue weighted by atomic mass is 10.1. The van der Waals surface area contributed by atoms with Crippen LogP contribution in [0.2, 0.25) is 0 Å². The number of thiophene rings is 1. The van der Waals surface area contributed by atoms with E-state index in [1.165, 1.54) is 11.3 Å². The summed E-state index contributed by atoms with van der Waals surface area (Å²) in [4.78, 5) is 21.9. The van der Waals surface area contributed by atoms with Crippen LogP contribution in [0.25, 0.3) is 0 Å². The Morgan fingerprint density at radius 2 is 1.86 bits per heavy atom. The van der Waals surface area contributed by atoms with Crippen molar-refractivity contribution in [1.82, 2.24) is 0 Å². The van der Waals surface area contributed by atoms with Crippen LogP contribution in [0.4, 0.5) is 0 Å². The number of hydrogen-bond acceptors (Lipinski definition) is 4. The quantitative estimate of drug-likeness (QED) is 0.778. The number of ether oxygens (including phenoxy) is 1. The van der Waals surface area contributed by atoms with Crippen molar-refractivity contribution in [1.29, 1.82) is 0 Å². The second-order valence-electron chi connectivity index (χ2n) is 4.72. The molecular formula is C16H16O5S. The number of carboxylic acids is 2. The molecule has 5 nitrogen and oxygen atoms in total. The molecule has 0 aliphatic carbocycles. The first kappa shape index (κ1) is 16.0. The molecular weight excluding hydrogens is 304 g/mol. The SMILES string of the molecule is O=C(O)CCCc1ccccc1OCc1ccsc1C(=O)O. The molecule has 0 bridgehead atoms. The van der Waals surface area contributed by atoms with Gasteiger partial charge in [-0.05, 0) is 35.9 Å². The highest BCUT2D eigenvalue weighted by Gasteiger charge is 2.12. The Bertz CT molecular complexity index is 662. The highest BCUT2D eigenvalue weighted by atomic mass is 32.1. The maximum Gasteiger partial charge on any atom is 0.346 e. The number of para-hydroxylation sites is 1. The summed E-state index contributed by atoms with van der Waals surface area (Å²) in [6.07, 6.45) is 1.26. The lowest BCUT2D eigenvalue weighted by Gasteiger charge is -2.11. The summed E-state index contributed by atoms with van der Waals surface area (Å²) >= 11 is 1.17. The van der Waals surface area contributed by atoms with E-state index in [0.717, 1.165) is 5.56 Å². The minimum absolute atomic E-state index is 0.113. The van der Waals surface area contributed by atoms with E-state index >= 15 is 0 Å². The molecule has 0 aliphatic heterocycles. The lowest BCUT2D eigenvalue weighted by Crippen LogP contribution is -2.03. The van der Waals surface area contributed by atoms with Gasteiger partial charge >= 0.3 is 11.9 Å². The Hall–Kier alpha value is -2.34. The van der Waals surface area contributed by atoms with Gasteiger partial charge in [0.1, 0.15) is 17.2 Å². The number of aliphatic carboxylic acids is 1. The second kappa shape index (κ2) is 7.61. The predicted octanol–water partition coefficient (Wildman–Crippen LogP) is 3.43. The lowest BCUT2D eigenvalue weighted by molar-refractivity contribution is -0.137. The third-order valence-electron chi connectivity index (χ3n) is 3.13. The molecule has 0 radical (unpaired) electrons. The van der Waals surface area contributed by atoms with Crippen molar-refractivity contribution >= 4 is 23.3 Å². The fourth-order valence-corrected chi connectivity index (χ4v) is 2.82. The molecule has 0 amide bonds. The van der Waals surface area contributed by atoms with Gasteiger partial charge in [-0.3, -0.25) is 4.79 Å². The number of hydrogen-bond donors (Lipinski definition) is 2. The molecule has 0 unspecified atom stereocenters. The van der Waals surface area contributed by atoms with Crippen LogP contribution >= 0.6 is 11.3 Å². The molecule has 0 spiro atoms. The molecule has 0 aliphatic rings. The zero-order valence-corrected chi connectivity index (χ0v) is 12.6. The third-order valence-corrected chi connectivity index (χ3v) is 4.08. The first-order valence-electron chi connectivity index (χ1n) is 6.80. The highest BCUT2D eigenvalue weighted by molar-refractivity contribution is 7.12. The van der Waals surface area contributed by atoms with Crippen molar-refractivity contribution < 1.29 is 24.5 Å². The van der Waals surface area contributed by atoms with Gasteiger partial charge < -0.3 is 14.9 Å². The molecule has 0 fully saturated rings. The molecule has 22 heavy (non-hydrogen) atoms. The van der Waals surface area contributed by atoms with Crippen LogP contribution in [-0.2, 0) is 17.8 Å². The zero-order chi connectivity index (χ0) is 15.9. The van der Waals surface area contributed by atoms with Crippen molar-refractivity contribution in [3.05, 3.63) is 51.7 Å². The average molecular weight is 320 g/mol. The van der Waals surface area contributed by atoms with Crippen LogP contribution in [-0.4, -0.2) is 22.2 Å². The number of rotatable bonds is 8. The summed E-state index contributed by atoms with van der Waals surface area (Å²) in [5, 5.41) is 19.5. The number of aromatic carboxylic acids is 1. The van der Waals surface area contributed by atoms with Crippen molar-refractivity contribution in [2.75, 3.05) is 0 Å². The van der Waals surface area contributed by atoms with E-state index < -0.39 is 11.9 Å². The Morgan fingerprint density at radius 1 is 1.09 bits per heavy atom.